The third-order valence-corrected chi connectivity index (χ3v) is 14.8. The highest BCUT2D eigenvalue weighted by Gasteiger charge is 2.29. The molecule has 7 nitrogen and oxygen atoms in total. The van der Waals surface area contributed by atoms with Gasteiger partial charge in [0.05, 0.1) is 13.2 Å². The topological polar surface area (TPSA) is 76.2 Å². The number of carbonyl (C=O) groups is 3. The highest BCUT2D eigenvalue weighted by Crippen LogP contribution is 2.27. The second kappa shape index (κ2) is 50.3. The van der Waals surface area contributed by atoms with Gasteiger partial charge in [0.15, 0.2) is 0 Å². The van der Waals surface area contributed by atoms with Gasteiger partial charge < -0.3 is 19.3 Å². The Hall–Kier alpha value is -1.63. The maximum Gasteiger partial charge on any atom is 0.305 e. The van der Waals surface area contributed by atoms with Crippen molar-refractivity contribution in [3.05, 3.63) is 0 Å². The van der Waals surface area contributed by atoms with Crippen LogP contribution in [-0.2, 0) is 23.9 Å². The van der Waals surface area contributed by atoms with Crippen LogP contribution in [0.25, 0.3) is 0 Å². The molecule has 0 aromatic heterocycles. The normalized spacial score (nSPS) is 13.4. The minimum atomic E-state index is -0.0106. The molecule has 1 amide bonds. The van der Waals surface area contributed by atoms with E-state index in [1.807, 2.05) is 0 Å². The number of nitrogens with zero attached hydrogens (tertiary/aromatic N) is 2. The molecule has 7 heteroatoms. The Balaban J connectivity index is 5.17. The summed E-state index contributed by atoms with van der Waals surface area (Å²) in [5, 5.41) is 0. The number of unbranched alkanes of at least 4 members (excludes halogenated alkanes) is 23. The Morgan fingerprint density at radius 1 is 0.353 bits per heavy atom. The van der Waals surface area contributed by atoms with Crippen molar-refractivity contribution in [2.75, 3.05) is 40.4 Å². The molecule has 0 aliphatic heterocycles. The van der Waals surface area contributed by atoms with Gasteiger partial charge in [0.1, 0.15) is 0 Å². The molecule has 0 saturated carbocycles. The molecule has 0 heterocycles. The maximum atomic E-state index is 14.8. The van der Waals surface area contributed by atoms with Crippen molar-refractivity contribution in [2.24, 2.45) is 17.8 Å². The first-order chi connectivity index (χ1) is 33.2. The molecule has 0 bridgehead atoms. The largest absolute Gasteiger partial charge is 0.465 e. The summed E-state index contributed by atoms with van der Waals surface area (Å²) in [6, 6.07) is 0.354. The Bertz CT molecular complexity index is 1100. The monoisotopic (exact) mass is 961 g/mol. The number of ether oxygens (including phenoxy) is 2. The fourth-order valence-electron chi connectivity index (χ4n) is 10.2. The van der Waals surface area contributed by atoms with Gasteiger partial charge in [0.25, 0.3) is 0 Å². The average molecular weight is 962 g/mol. The first kappa shape index (κ1) is 66.4. The van der Waals surface area contributed by atoms with Crippen molar-refractivity contribution >= 4 is 17.8 Å². The summed E-state index contributed by atoms with van der Waals surface area (Å²) in [4.78, 5) is 44.8. The predicted octanol–water partition coefficient (Wildman–Crippen LogP) is 18.2. The quantitative estimate of drug-likeness (QED) is 0.0447. The molecule has 0 aliphatic carbocycles. The number of esters is 2. The average Bonchev–Trinajstić information content (AvgIpc) is 3.33. The van der Waals surface area contributed by atoms with Gasteiger partial charge in [0.2, 0.25) is 5.91 Å². The Kier molecular flexibility index (Phi) is 49.1. The Labute approximate surface area is 425 Å². The van der Waals surface area contributed by atoms with Gasteiger partial charge in [-0.1, -0.05) is 228 Å². The number of hydrogen-bond donors (Lipinski definition) is 0. The fraction of sp³-hybridized carbons (Fsp3) is 0.951. The number of hydrogen-bond acceptors (Lipinski definition) is 6. The molecule has 0 aliphatic rings. The number of amides is 1. The highest BCUT2D eigenvalue weighted by atomic mass is 16.5. The van der Waals surface area contributed by atoms with Crippen molar-refractivity contribution in [3.8, 4) is 0 Å². The van der Waals surface area contributed by atoms with E-state index in [1.54, 1.807) is 0 Å². The second-order valence-corrected chi connectivity index (χ2v) is 21.8. The van der Waals surface area contributed by atoms with E-state index in [0.717, 1.165) is 109 Å². The summed E-state index contributed by atoms with van der Waals surface area (Å²) in [6.07, 6.45) is 48.1. The van der Waals surface area contributed by atoms with Crippen molar-refractivity contribution in [1.29, 1.82) is 0 Å². The van der Waals surface area contributed by atoms with Crippen LogP contribution in [0.15, 0.2) is 0 Å². The van der Waals surface area contributed by atoms with Crippen molar-refractivity contribution < 1.29 is 23.9 Å². The van der Waals surface area contributed by atoms with Crippen LogP contribution in [0.4, 0.5) is 0 Å². The van der Waals surface area contributed by atoms with Crippen LogP contribution in [0.5, 0.6) is 0 Å². The molecule has 4 atom stereocenters. The number of rotatable bonds is 53. The molecule has 68 heavy (non-hydrogen) atoms. The van der Waals surface area contributed by atoms with Crippen molar-refractivity contribution in [1.82, 2.24) is 9.80 Å². The minimum Gasteiger partial charge on any atom is -0.465 e. The van der Waals surface area contributed by atoms with Crippen LogP contribution in [0.1, 0.15) is 311 Å². The predicted molar refractivity (Wildman–Crippen MR) is 294 cm³/mol. The first-order valence-electron chi connectivity index (χ1n) is 30.4. The summed E-state index contributed by atoms with van der Waals surface area (Å²) >= 11 is 0. The van der Waals surface area contributed by atoms with E-state index in [2.05, 4.69) is 65.4 Å². The lowest BCUT2D eigenvalue weighted by Crippen LogP contribution is -2.45. The lowest BCUT2D eigenvalue weighted by molar-refractivity contribution is -0.146. The van der Waals surface area contributed by atoms with Crippen LogP contribution >= 0.6 is 0 Å². The lowest BCUT2D eigenvalue weighted by atomic mass is 9.91. The summed E-state index contributed by atoms with van der Waals surface area (Å²) in [5.41, 5.74) is 0. The van der Waals surface area contributed by atoms with Gasteiger partial charge >= 0.3 is 11.9 Å². The molecule has 0 radical (unpaired) electrons. The fourth-order valence-corrected chi connectivity index (χ4v) is 10.2. The molecule has 0 N–H and O–H groups in total. The molecular weight excluding hydrogens is 841 g/mol. The van der Waals surface area contributed by atoms with Crippen LogP contribution in [-0.4, -0.2) is 74.1 Å². The van der Waals surface area contributed by atoms with Gasteiger partial charge in [-0.15, -0.1) is 0 Å². The van der Waals surface area contributed by atoms with E-state index in [4.69, 9.17) is 9.47 Å². The third-order valence-electron chi connectivity index (χ3n) is 14.8. The zero-order valence-electron chi connectivity index (χ0n) is 47.3. The summed E-state index contributed by atoms with van der Waals surface area (Å²) in [5.74, 6) is 1.55. The van der Waals surface area contributed by atoms with Gasteiger partial charge in [-0.25, -0.2) is 0 Å². The third kappa shape index (κ3) is 41.0. The summed E-state index contributed by atoms with van der Waals surface area (Å²) in [7, 11) is 4.29. The molecule has 0 aromatic carbocycles. The molecule has 0 rings (SSSR count). The van der Waals surface area contributed by atoms with Crippen molar-refractivity contribution in [2.45, 2.75) is 317 Å². The molecule has 0 aromatic rings. The standard InChI is InChI=1S/C61H120N2O5/c1-9-15-21-23-28-35-44-56(42-19-13-5)54-68-60(65)50-39-32-27-25-30-37-46-57(61(66)63(52-40-51-62(7)8)58(47-20-14-6)48-33-17-11-3)45-36-29-24-26-31-38-49-59(64)67-53-55(41-18-12-4)43-34-22-16-10-2/h55-58H,9-54H2,1-8H3. The van der Waals surface area contributed by atoms with E-state index < -0.39 is 0 Å². The molecule has 0 spiro atoms. The lowest BCUT2D eigenvalue weighted by Gasteiger charge is -2.35. The molecular formula is C61H120N2O5. The second-order valence-electron chi connectivity index (χ2n) is 21.8. The SMILES string of the molecule is CCCCCCCCC(CCCC)COC(=O)CCCCCCCCC(CCCCCCCCC(=O)OCC(CCCC)CCCCCC)C(=O)N(CCCN(C)C)C(CCCC)CCCCC. The van der Waals surface area contributed by atoms with E-state index in [9.17, 15) is 14.4 Å². The van der Waals surface area contributed by atoms with Crippen LogP contribution in [0.2, 0.25) is 0 Å². The van der Waals surface area contributed by atoms with Gasteiger partial charge in [-0.2, -0.15) is 0 Å². The smallest absolute Gasteiger partial charge is 0.305 e. The molecule has 404 valence electrons. The van der Waals surface area contributed by atoms with Gasteiger partial charge in [-0.3, -0.25) is 14.4 Å². The summed E-state index contributed by atoms with van der Waals surface area (Å²) < 4.78 is 11.6. The molecule has 4 unspecified atom stereocenters. The zero-order valence-corrected chi connectivity index (χ0v) is 47.3. The van der Waals surface area contributed by atoms with E-state index in [1.165, 1.54) is 161 Å². The van der Waals surface area contributed by atoms with E-state index in [-0.39, 0.29) is 17.9 Å². The zero-order chi connectivity index (χ0) is 50.1. The Morgan fingerprint density at radius 3 is 1.12 bits per heavy atom. The number of carbonyl (C=O) groups excluding carboxylic acids is 3. The van der Waals surface area contributed by atoms with Gasteiger partial charge in [0, 0.05) is 31.3 Å². The highest BCUT2D eigenvalue weighted by molar-refractivity contribution is 5.79. The molecule has 0 saturated heterocycles. The minimum absolute atomic E-state index is 0.00700. The van der Waals surface area contributed by atoms with E-state index in [0.29, 0.717) is 49.8 Å². The first-order valence-corrected chi connectivity index (χ1v) is 30.4. The Morgan fingerprint density at radius 2 is 0.676 bits per heavy atom. The van der Waals surface area contributed by atoms with E-state index >= 15 is 0 Å². The van der Waals surface area contributed by atoms with Crippen LogP contribution < -0.4 is 0 Å². The summed E-state index contributed by atoms with van der Waals surface area (Å²) in [6.45, 7) is 16.7. The van der Waals surface area contributed by atoms with Crippen molar-refractivity contribution in [3.63, 3.8) is 0 Å². The van der Waals surface area contributed by atoms with Gasteiger partial charge in [-0.05, 0) is 103 Å². The van der Waals surface area contributed by atoms with Crippen LogP contribution in [0, 0.1) is 17.8 Å². The molecule has 0 fully saturated rings. The maximum absolute atomic E-state index is 14.8. The van der Waals surface area contributed by atoms with Crippen LogP contribution in [0.3, 0.4) is 0 Å².